The molecule has 2 rings (SSSR count). The fourth-order valence-corrected chi connectivity index (χ4v) is 3.79. The van der Waals surface area contributed by atoms with Gasteiger partial charge >= 0.3 is 0 Å². The molecular weight excluding hydrogens is 250 g/mol. The van der Waals surface area contributed by atoms with Gasteiger partial charge in [-0.15, -0.1) is 0 Å². The molecule has 1 aliphatic heterocycles. The molecule has 1 saturated heterocycles. The van der Waals surface area contributed by atoms with E-state index in [4.69, 9.17) is 5.73 Å². The van der Waals surface area contributed by atoms with Gasteiger partial charge in [0.2, 0.25) is 0 Å². The molecule has 0 saturated carbocycles. The smallest absolute Gasteiger partial charge is 0.151 e. The summed E-state index contributed by atoms with van der Waals surface area (Å²) >= 11 is 0. The van der Waals surface area contributed by atoms with Gasteiger partial charge in [0.05, 0.1) is 17.2 Å². The first-order valence-electron chi connectivity index (χ1n) is 6.03. The molecule has 1 aromatic rings. The first-order chi connectivity index (χ1) is 8.17. The molecular formula is C12H19N3O2S. The van der Waals surface area contributed by atoms with Crippen molar-refractivity contribution in [2.45, 2.75) is 38.5 Å². The monoisotopic (exact) mass is 269 g/mol. The van der Waals surface area contributed by atoms with E-state index in [0.717, 1.165) is 5.69 Å². The number of nitrogens with zero attached hydrogens (tertiary/aromatic N) is 2. The van der Waals surface area contributed by atoms with Crippen LogP contribution in [0.3, 0.4) is 0 Å². The number of sulfone groups is 1. The summed E-state index contributed by atoms with van der Waals surface area (Å²) in [5.74, 6) is 1.23. The van der Waals surface area contributed by atoms with Crippen LogP contribution >= 0.6 is 0 Å². The van der Waals surface area contributed by atoms with E-state index >= 15 is 0 Å². The molecule has 2 heterocycles. The van der Waals surface area contributed by atoms with Crippen LogP contribution in [-0.4, -0.2) is 29.9 Å². The molecule has 0 aliphatic carbocycles. The van der Waals surface area contributed by atoms with Crippen molar-refractivity contribution in [3.05, 3.63) is 17.6 Å². The molecule has 0 amide bonds. The van der Waals surface area contributed by atoms with Crippen molar-refractivity contribution >= 4 is 15.7 Å². The molecule has 0 aromatic carbocycles. The third kappa shape index (κ3) is 2.80. The lowest BCUT2D eigenvalue weighted by atomic mass is 9.91. The predicted molar refractivity (Wildman–Crippen MR) is 71.2 cm³/mol. The van der Waals surface area contributed by atoms with E-state index in [1.165, 1.54) is 0 Å². The summed E-state index contributed by atoms with van der Waals surface area (Å²) in [7, 11) is -2.93. The molecule has 1 fully saturated rings. The Morgan fingerprint density at radius 2 is 2.00 bits per heavy atom. The lowest BCUT2D eigenvalue weighted by Gasteiger charge is -2.19. The highest BCUT2D eigenvalue weighted by molar-refractivity contribution is 7.91. The van der Waals surface area contributed by atoms with E-state index in [1.807, 2.05) is 20.8 Å². The molecule has 6 heteroatoms. The van der Waals surface area contributed by atoms with Gasteiger partial charge in [0.25, 0.3) is 0 Å². The lowest BCUT2D eigenvalue weighted by Crippen LogP contribution is -2.18. The summed E-state index contributed by atoms with van der Waals surface area (Å²) < 4.78 is 23.0. The summed E-state index contributed by atoms with van der Waals surface area (Å²) in [6.45, 7) is 6.14. The number of hydrogen-bond acceptors (Lipinski definition) is 5. The third-order valence-corrected chi connectivity index (χ3v) is 4.90. The third-order valence-electron chi connectivity index (χ3n) is 3.13. The Morgan fingerprint density at radius 3 is 2.50 bits per heavy atom. The van der Waals surface area contributed by atoms with Crippen molar-refractivity contribution in [1.82, 2.24) is 9.97 Å². The predicted octanol–water partition coefficient (Wildman–Crippen LogP) is 1.26. The molecule has 1 unspecified atom stereocenters. The number of rotatable bonds is 1. The molecule has 100 valence electrons. The van der Waals surface area contributed by atoms with Gasteiger partial charge in [-0.05, 0) is 6.42 Å². The number of hydrogen-bond donors (Lipinski definition) is 1. The van der Waals surface area contributed by atoms with Gasteiger partial charge in [0.15, 0.2) is 9.84 Å². The Morgan fingerprint density at radius 1 is 1.33 bits per heavy atom. The van der Waals surface area contributed by atoms with Crippen LogP contribution in [0.4, 0.5) is 5.82 Å². The Balaban J connectivity index is 2.38. The lowest BCUT2D eigenvalue weighted by molar-refractivity contribution is 0.556. The van der Waals surface area contributed by atoms with E-state index in [9.17, 15) is 8.42 Å². The molecule has 1 aliphatic rings. The van der Waals surface area contributed by atoms with Gasteiger partial charge in [-0.2, -0.15) is 0 Å². The maximum Gasteiger partial charge on any atom is 0.151 e. The topological polar surface area (TPSA) is 85.9 Å². The Bertz CT molecular complexity index is 561. The second-order valence-electron chi connectivity index (χ2n) is 5.89. The summed E-state index contributed by atoms with van der Waals surface area (Å²) in [4.78, 5) is 8.69. The Labute approximate surface area is 108 Å². The van der Waals surface area contributed by atoms with Crippen LogP contribution in [0.2, 0.25) is 0 Å². The quantitative estimate of drug-likeness (QED) is 0.829. The fraction of sp³-hybridized carbons (Fsp3) is 0.667. The largest absolute Gasteiger partial charge is 0.384 e. The van der Waals surface area contributed by atoms with Crippen molar-refractivity contribution in [3.8, 4) is 0 Å². The normalized spacial score (nSPS) is 23.2. The minimum Gasteiger partial charge on any atom is -0.384 e. The number of anilines is 1. The van der Waals surface area contributed by atoms with Gasteiger partial charge in [0.1, 0.15) is 11.6 Å². The van der Waals surface area contributed by atoms with Crippen LogP contribution in [0.5, 0.6) is 0 Å². The van der Waals surface area contributed by atoms with Crippen LogP contribution in [0, 0.1) is 0 Å². The molecule has 0 bridgehead atoms. The van der Waals surface area contributed by atoms with Crippen LogP contribution in [-0.2, 0) is 15.3 Å². The molecule has 5 nitrogen and oxygen atoms in total. The SMILES string of the molecule is CC(C)(C)c1cc(N)nc(C2CCS(=O)(=O)C2)n1. The number of aromatic nitrogens is 2. The van der Waals surface area contributed by atoms with Gasteiger partial charge in [0, 0.05) is 17.4 Å². The second-order valence-corrected chi connectivity index (χ2v) is 8.11. The van der Waals surface area contributed by atoms with Crippen molar-refractivity contribution in [3.63, 3.8) is 0 Å². The molecule has 0 spiro atoms. The summed E-state index contributed by atoms with van der Waals surface area (Å²) in [6.07, 6.45) is 0.593. The molecule has 1 aromatic heterocycles. The average molecular weight is 269 g/mol. The van der Waals surface area contributed by atoms with Crippen molar-refractivity contribution in [2.75, 3.05) is 17.2 Å². The molecule has 2 N–H and O–H groups in total. The Hall–Kier alpha value is -1.17. The zero-order valence-electron chi connectivity index (χ0n) is 11.0. The van der Waals surface area contributed by atoms with Gasteiger partial charge in [-0.3, -0.25) is 0 Å². The maximum atomic E-state index is 11.5. The van der Waals surface area contributed by atoms with Gasteiger partial charge in [-0.25, -0.2) is 18.4 Å². The minimum atomic E-state index is -2.93. The highest BCUT2D eigenvalue weighted by atomic mass is 32.2. The van der Waals surface area contributed by atoms with E-state index in [1.54, 1.807) is 6.07 Å². The molecule has 18 heavy (non-hydrogen) atoms. The van der Waals surface area contributed by atoms with Crippen molar-refractivity contribution in [1.29, 1.82) is 0 Å². The number of nitrogens with two attached hydrogens (primary N) is 1. The zero-order chi connectivity index (χ0) is 13.6. The van der Waals surface area contributed by atoms with E-state index < -0.39 is 9.84 Å². The van der Waals surface area contributed by atoms with E-state index in [-0.39, 0.29) is 22.8 Å². The average Bonchev–Trinajstić information content (AvgIpc) is 2.56. The first-order valence-corrected chi connectivity index (χ1v) is 7.85. The van der Waals surface area contributed by atoms with Crippen LogP contribution in [0.1, 0.15) is 44.6 Å². The van der Waals surface area contributed by atoms with E-state index in [0.29, 0.717) is 18.1 Å². The highest BCUT2D eigenvalue weighted by Gasteiger charge is 2.32. The highest BCUT2D eigenvalue weighted by Crippen LogP contribution is 2.29. The first kappa shape index (κ1) is 13.3. The summed E-state index contributed by atoms with van der Waals surface area (Å²) in [5, 5.41) is 0. The standard InChI is InChI=1S/C12H19N3O2S/c1-12(2,3)9-6-10(13)15-11(14-9)8-4-5-18(16,17)7-8/h6,8H,4-5,7H2,1-3H3,(H2,13,14,15). The second kappa shape index (κ2) is 4.19. The minimum absolute atomic E-state index is 0.111. The summed E-state index contributed by atoms with van der Waals surface area (Å²) in [5.41, 5.74) is 6.52. The molecule has 0 radical (unpaired) electrons. The van der Waals surface area contributed by atoms with Crippen LogP contribution in [0.15, 0.2) is 6.07 Å². The maximum absolute atomic E-state index is 11.5. The van der Waals surface area contributed by atoms with Crippen molar-refractivity contribution in [2.24, 2.45) is 0 Å². The van der Waals surface area contributed by atoms with Crippen molar-refractivity contribution < 1.29 is 8.42 Å². The van der Waals surface area contributed by atoms with E-state index in [2.05, 4.69) is 9.97 Å². The zero-order valence-corrected chi connectivity index (χ0v) is 11.8. The summed E-state index contributed by atoms with van der Waals surface area (Å²) in [6, 6.07) is 1.76. The molecule has 1 atom stereocenters. The van der Waals surface area contributed by atoms with Crippen LogP contribution < -0.4 is 5.73 Å². The fourth-order valence-electron chi connectivity index (χ4n) is 2.05. The number of nitrogen functional groups attached to an aromatic ring is 1. The van der Waals surface area contributed by atoms with Gasteiger partial charge < -0.3 is 5.73 Å². The van der Waals surface area contributed by atoms with Gasteiger partial charge in [-0.1, -0.05) is 20.8 Å². The Kier molecular flexibility index (Phi) is 3.09. The van der Waals surface area contributed by atoms with Crippen LogP contribution in [0.25, 0.3) is 0 Å².